The van der Waals surface area contributed by atoms with E-state index in [1.807, 2.05) is 36.4 Å². The Morgan fingerprint density at radius 2 is 1.29 bits per heavy atom. The number of amides is 1. The van der Waals surface area contributed by atoms with E-state index < -0.39 is 12.3 Å². The van der Waals surface area contributed by atoms with Gasteiger partial charge in [-0.15, -0.1) is 0 Å². The molecule has 0 bridgehead atoms. The molecule has 0 unspecified atom stereocenters. The van der Waals surface area contributed by atoms with Crippen molar-refractivity contribution in [2.24, 2.45) is 0 Å². The van der Waals surface area contributed by atoms with E-state index in [-0.39, 0.29) is 37.6 Å². The van der Waals surface area contributed by atoms with E-state index >= 15 is 0 Å². The van der Waals surface area contributed by atoms with Crippen LogP contribution in [0, 0.1) is 0 Å². The highest BCUT2D eigenvalue weighted by Crippen LogP contribution is 2.38. The minimum atomic E-state index is -0.888. The fraction of sp³-hybridized carbons (Fsp3) is 0.650. The molecule has 0 aliphatic carbocycles. The summed E-state index contributed by atoms with van der Waals surface area (Å²) in [7, 11) is 0. The molecular formula is C40H62N2O6. The molecule has 8 heteroatoms. The molecule has 8 nitrogen and oxygen atoms in total. The number of rotatable bonds is 25. The fourth-order valence-corrected chi connectivity index (χ4v) is 6.33. The number of carbonyl (C=O) groups excluding carboxylic acids is 1. The van der Waals surface area contributed by atoms with Crippen molar-refractivity contribution in [3.05, 3.63) is 70.8 Å². The zero-order chi connectivity index (χ0) is 34.4. The lowest BCUT2D eigenvalue weighted by molar-refractivity contribution is -0.253. The number of aliphatic hydroxyl groups is 1. The Kier molecular flexibility index (Phi) is 19.5. The second kappa shape index (κ2) is 23.6. The van der Waals surface area contributed by atoms with Crippen LogP contribution in [0.3, 0.4) is 0 Å². The number of carboxylic acids is 1. The molecule has 1 heterocycles. The van der Waals surface area contributed by atoms with Gasteiger partial charge < -0.3 is 29.9 Å². The highest BCUT2D eigenvalue weighted by Gasteiger charge is 2.33. The van der Waals surface area contributed by atoms with Gasteiger partial charge in [0.25, 0.3) is 0 Å². The average Bonchev–Trinajstić information content (AvgIpc) is 3.10. The number of carbonyl (C=O) groups is 2. The van der Waals surface area contributed by atoms with Gasteiger partial charge in [-0.3, -0.25) is 9.59 Å². The van der Waals surface area contributed by atoms with Crippen molar-refractivity contribution >= 4 is 11.9 Å². The Labute approximate surface area is 289 Å². The number of nitrogens with zero attached hydrogens (tertiary/aromatic N) is 1. The number of hydrogen-bond donors (Lipinski definition) is 3. The number of aliphatic carboxylic acids is 1. The van der Waals surface area contributed by atoms with Crippen LogP contribution >= 0.6 is 0 Å². The summed E-state index contributed by atoms with van der Waals surface area (Å²) in [5, 5.41) is 21.3. The van der Waals surface area contributed by atoms with Crippen LogP contribution in [-0.2, 0) is 32.2 Å². The maximum absolute atomic E-state index is 12.1. The number of ether oxygens (including phenoxy) is 2. The molecule has 1 aliphatic rings. The molecule has 2 aromatic rings. The lowest BCUT2D eigenvalue weighted by atomic mass is 9.99. The summed E-state index contributed by atoms with van der Waals surface area (Å²) in [6.07, 6.45) is 16.1. The Balaban J connectivity index is 1.67. The third-order valence-corrected chi connectivity index (χ3v) is 9.27. The van der Waals surface area contributed by atoms with Crippen LogP contribution in [0.2, 0.25) is 0 Å². The van der Waals surface area contributed by atoms with Gasteiger partial charge in [0, 0.05) is 37.9 Å². The first-order valence-electron chi connectivity index (χ1n) is 18.7. The van der Waals surface area contributed by atoms with Gasteiger partial charge in [0.1, 0.15) is 0 Å². The first-order chi connectivity index (χ1) is 23.4. The summed E-state index contributed by atoms with van der Waals surface area (Å²) in [5.41, 5.74) is 3.86. The highest BCUT2D eigenvalue weighted by molar-refractivity contribution is 5.76. The molecule has 2 aromatic carbocycles. The van der Waals surface area contributed by atoms with Crippen molar-refractivity contribution < 1.29 is 29.3 Å². The zero-order valence-corrected chi connectivity index (χ0v) is 29.7. The molecule has 1 saturated heterocycles. The van der Waals surface area contributed by atoms with Crippen LogP contribution in [0.1, 0.15) is 151 Å². The molecule has 1 aliphatic heterocycles. The summed E-state index contributed by atoms with van der Waals surface area (Å²) in [6, 6.07) is 16.0. The highest BCUT2D eigenvalue weighted by atomic mass is 16.7. The lowest BCUT2D eigenvalue weighted by Gasteiger charge is -2.38. The molecule has 1 fully saturated rings. The molecule has 268 valence electrons. The van der Waals surface area contributed by atoms with Gasteiger partial charge in [0.15, 0.2) is 6.29 Å². The number of unbranched alkanes of at least 4 members (excludes halogenated alkanes) is 10. The average molecular weight is 667 g/mol. The molecule has 0 saturated carbocycles. The summed E-state index contributed by atoms with van der Waals surface area (Å²) in [4.78, 5) is 25.5. The maximum atomic E-state index is 12.1. The van der Waals surface area contributed by atoms with E-state index in [1.165, 1.54) is 77.0 Å². The summed E-state index contributed by atoms with van der Waals surface area (Å²) in [5.74, 6) is -1.04. The number of benzene rings is 2. The molecular weight excluding hydrogens is 604 g/mol. The smallest absolute Gasteiger partial charge is 0.303 e. The summed E-state index contributed by atoms with van der Waals surface area (Å²) < 4.78 is 13.3. The molecule has 3 rings (SSSR count). The SMILES string of the molecule is CCCCCCCCN(CCCCCCCC)C[C@H]1C[C@@H](c2ccc(CO)cc2)O[C@@H](c2ccc(CNC(=O)CCCC(=O)O)cc2)O1. The number of carboxylic acid groups (broad SMARTS) is 1. The summed E-state index contributed by atoms with van der Waals surface area (Å²) >= 11 is 0. The molecule has 1 amide bonds. The van der Waals surface area contributed by atoms with E-state index in [0.29, 0.717) is 13.0 Å². The Bertz CT molecular complexity index is 1140. The number of nitrogens with one attached hydrogen (secondary N) is 1. The largest absolute Gasteiger partial charge is 0.481 e. The van der Waals surface area contributed by atoms with E-state index in [9.17, 15) is 14.7 Å². The molecule has 3 atom stereocenters. The third kappa shape index (κ3) is 15.6. The predicted molar refractivity (Wildman–Crippen MR) is 191 cm³/mol. The van der Waals surface area contributed by atoms with Crippen molar-refractivity contribution in [2.45, 2.75) is 148 Å². The van der Waals surface area contributed by atoms with E-state index in [1.54, 1.807) is 0 Å². The van der Waals surface area contributed by atoms with Crippen LogP contribution < -0.4 is 5.32 Å². The first-order valence-corrected chi connectivity index (χ1v) is 18.7. The monoisotopic (exact) mass is 666 g/mol. The molecule has 3 N–H and O–H groups in total. The predicted octanol–water partition coefficient (Wildman–Crippen LogP) is 8.62. The van der Waals surface area contributed by atoms with Gasteiger partial charge in [-0.1, -0.05) is 127 Å². The van der Waals surface area contributed by atoms with Crippen molar-refractivity contribution in [1.29, 1.82) is 0 Å². The molecule has 48 heavy (non-hydrogen) atoms. The van der Waals surface area contributed by atoms with Crippen molar-refractivity contribution in [3.8, 4) is 0 Å². The first kappa shape index (κ1) is 39.7. The van der Waals surface area contributed by atoms with Crippen LogP contribution in [0.5, 0.6) is 0 Å². The van der Waals surface area contributed by atoms with Crippen molar-refractivity contribution in [2.75, 3.05) is 19.6 Å². The van der Waals surface area contributed by atoms with Gasteiger partial charge in [-0.25, -0.2) is 0 Å². The van der Waals surface area contributed by atoms with Gasteiger partial charge in [0.2, 0.25) is 5.91 Å². The Morgan fingerprint density at radius 1 is 0.729 bits per heavy atom. The van der Waals surface area contributed by atoms with E-state index in [0.717, 1.165) is 48.3 Å². The summed E-state index contributed by atoms with van der Waals surface area (Å²) in [6.45, 7) is 8.00. The minimum absolute atomic E-state index is 0.00702. The molecule has 0 radical (unpaired) electrons. The normalized spacial score (nSPS) is 17.9. The van der Waals surface area contributed by atoms with Gasteiger partial charge in [0.05, 0.1) is 18.8 Å². The maximum Gasteiger partial charge on any atom is 0.303 e. The minimum Gasteiger partial charge on any atom is -0.481 e. The van der Waals surface area contributed by atoms with Gasteiger partial charge >= 0.3 is 5.97 Å². The van der Waals surface area contributed by atoms with Crippen LogP contribution in [0.15, 0.2) is 48.5 Å². The van der Waals surface area contributed by atoms with Crippen LogP contribution in [0.25, 0.3) is 0 Å². The van der Waals surface area contributed by atoms with E-state index in [4.69, 9.17) is 14.6 Å². The third-order valence-electron chi connectivity index (χ3n) is 9.27. The van der Waals surface area contributed by atoms with Crippen LogP contribution in [0.4, 0.5) is 0 Å². The molecule has 0 aromatic heterocycles. The second-order valence-corrected chi connectivity index (χ2v) is 13.5. The number of hydrogen-bond acceptors (Lipinski definition) is 6. The topological polar surface area (TPSA) is 108 Å². The Morgan fingerprint density at radius 3 is 1.88 bits per heavy atom. The van der Waals surface area contributed by atoms with Crippen molar-refractivity contribution in [3.63, 3.8) is 0 Å². The number of aliphatic hydroxyl groups excluding tert-OH is 1. The van der Waals surface area contributed by atoms with Crippen LogP contribution in [-0.4, -0.2) is 52.7 Å². The fourth-order valence-electron chi connectivity index (χ4n) is 6.33. The zero-order valence-electron chi connectivity index (χ0n) is 29.7. The second-order valence-electron chi connectivity index (χ2n) is 13.5. The van der Waals surface area contributed by atoms with Gasteiger partial charge in [-0.05, 0) is 49.0 Å². The lowest BCUT2D eigenvalue weighted by Crippen LogP contribution is -2.40. The molecule has 0 spiro atoms. The standard InChI is InChI=1S/C40H62N2O6/c1-3-5-7-9-11-13-26-42(27-14-12-10-8-6-4-2)30-36-28-37(34-22-20-33(31-43)21-23-34)48-40(47-36)35-24-18-32(19-25-35)29-41-38(44)16-15-17-39(45)46/h18-25,36-37,40,43H,3-17,26-31H2,1-2H3,(H,41,44)(H,45,46)/t36-,37+,40+/m1/s1. The quantitative estimate of drug-likeness (QED) is 0.0911. The van der Waals surface area contributed by atoms with Crippen molar-refractivity contribution in [1.82, 2.24) is 10.2 Å². The van der Waals surface area contributed by atoms with Gasteiger partial charge in [-0.2, -0.15) is 0 Å². The Hall–Kier alpha value is -2.78. The van der Waals surface area contributed by atoms with E-state index in [2.05, 4.69) is 36.2 Å².